The van der Waals surface area contributed by atoms with Crippen LogP contribution in [0.2, 0.25) is 0 Å². The minimum absolute atomic E-state index is 0.0548. The zero-order chi connectivity index (χ0) is 10.1. The van der Waals surface area contributed by atoms with Crippen LogP contribution in [0, 0.1) is 5.82 Å². The lowest BCUT2D eigenvalue weighted by atomic mass is 10.1. The molecule has 2 atom stereocenters. The second kappa shape index (κ2) is 3.91. The molecule has 1 aromatic rings. The molecule has 0 radical (unpaired) electrons. The summed E-state index contributed by atoms with van der Waals surface area (Å²) in [6.45, 7) is 2.14. The fraction of sp³-hybridized carbons (Fsp3) is 0.455. The van der Waals surface area contributed by atoms with Crippen molar-refractivity contribution in [3.8, 4) is 0 Å². The van der Waals surface area contributed by atoms with Crippen LogP contribution < -0.4 is 5.32 Å². The fourth-order valence-corrected chi connectivity index (χ4v) is 3.11. The highest BCUT2D eigenvalue weighted by molar-refractivity contribution is 8.00. The monoisotopic (exact) mass is 211 g/mol. The lowest BCUT2D eigenvalue weighted by Gasteiger charge is -2.16. The number of thioether (sulfide) groups is 1. The second-order valence-electron chi connectivity index (χ2n) is 3.65. The van der Waals surface area contributed by atoms with Crippen molar-refractivity contribution in [3.05, 3.63) is 29.6 Å². The van der Waals surface area contributed by atoms with Crippen LogP contribution in [0.3, 0.4) is 0 Å². The summed E-state index contributed by atoms with van der Waals surface area (Å²) in [6, 6.07) is 5.76. The van der Waals surface area contributed by atoms with Gasteiger partial charge in [0.15, 0.2) is 0 Å². The second-order valence-corrected chi connectivity index (χ2v) is 4.94. The maximum absolute atomic E-state index is 13.4. The van der Waals surface area contributed by atoms with Crippen LogP contribution in [0.25, 0.3) is 0 Å². The quantitative estimate of drug-likeness (QED) is 0.806. The van der Waals surface area contributed by atoms with Gasteiger partial charge in [0.2, 0.25) is 0 Å². The summed E-state index contributed by atoms with van der Waals surface area (Å²) in [7, 11) is 1.95. The first kappa shape index (κ1) is 9.99. The average Bonchev–Trinajstić information content (AvgIpc) is 2.62. The molecule has 0 spiro atoms. The van der Waals surface area contributed by atoms with Crippen LogP contribution in [0.4, 0.5) is 4.39 Å². The SMILES string of the molecule is CNC(C)C1Cc2c(F)cccc2S1. The Balaban J connectivity index is 2.22. The van der Waals surface area contributed by atoms with Crippen LogP contribution in [0.1, 0.15) is 12.5 Å². The van der Waals surface area contributed by atoms with Crippen LogP contribution in [0.15, 0.2) is 23.1 Å². The largest absolute Gasteiger partial charge is 0.316 e. The molecular formula is C11H14FNS. The first-order chi connectivity index (χ1) is 6.72. The number of nitrogens with one attached hydrogen (secondary N) is 1. The zero-order valence-electron chi connectivity index (χ0n) is 8.38. The number of fused-ring (bicyclic) bond motifs is 1. The van der Waals surface area contributed by atoms with E-state index in [0.29, 0.717) is 11.3 Å². The lowest BCUT2D eigenvalue weighted by Crippen LogP contribution is -2.32. The molecule has 0 bridgehead atoms. The molecule has 1 aliphatic heterocycles. The maximum Gasteiger partial charge on any atom is 0.127 e. The number of halogens is 1. The maximum atomic E-state index is 13.4. The van der Waals surface area contributed by atoms with Crippen LogP contribution in [0.5, 0.6) is 0 Å². The molecule has 0 saturated carbocycles. The van der Waals surface area contributed by atoms with E-state index in [2.05, 4.69) is 12.2 Å². The molecule has 1 N–H and O–H groups in total. The van der Waals surface area contributed by atoms with Crippen molar-refractivity contribution in [3.63, 3.8) is 0 Å². The van der Waals surface area contributed by atoms with Crippen molar-refractivity contribution in [2.45, 2.75) is 29.5 Å². The Labute approximate surface area is 88.1 Å². The molecule has 0 aromatic heterocycles. The van der Waals surface area contributed by atoms with Gasteiger partial charge >= 0.3 is 0 Å². The minimum atomic E-state index is -0.0548. The van der Waals surface area contributed by atoms with Crippen molar-refractivity contribution < 1.29 is 4.39 Å². The smallest absolute Gasteiger partial charge is 0.127 e. The van der Waals surface area contributed by atoms with Crippen molar-refractivity contribution in [2.75, 3.05) is 7.05 Å². The summed E-state index contributed by atoms with van der Waals surface area (Å²) in [5.74, 6) is -0.0548. The van der Waals surface area contributed by atoms with Gasteiger partial charge in [0, 0.05) is 21.8 Å². The van der Waals surface area contributed by atoms with E-state index in [9.17, 15) is 4.39 Å². The molecule has 0 saturated heterocycles. The van der Waals surface area contributed by atoms with Crippen molar-refractivity contribution >= 4 is 11.8 Å². The number of rotatable bonds is 2. The molecule has 1 heterocycles. The minimum Gasteiger partial charge on any atom is -0.316 e. The van der Waals surface area contributed by atoms with Gasteiger partial charge in [-0.3, -0.25) is 0 Å². The van der Waals surface area contributed by atoms with E-state index >= 15 is 0 Å². The van der Waals surface area contributed by atoms with Gasteiger partial charge in [0.25, 0.3) is 0 Å². The molecule has 1 nitrogen and oxygen atoms in total. The lowest BCUT2D eigenvalue weighted by molar-refractivity contribution is 0.563. The van der Waals surface area contributed by atoms with Crippen LogP contribution in [-0.4, -0.2) is 18.3 Å². The highest BCUT2D eigenvalue weighted by Gasteiger charge is 2.27. The van der Waals surface area contributed by atoms with E-state index in [1.54, 1.807) is 23.9 Å². The van der Waals surface area contributed by atoms with Crippen LogP contribution in [-0.2, 0) is 6.42 Å². The van der Waals surface area contributed by atoms with E-state index in [1.165, 1.54) is 0 Å². The summed E-state index contributed by atoms with van der Waals surface area (Å²) < 4.78 is 13.4. The molecule has 1 aliphatic rings. The predicted molar refractivity (Wildman–Crippen MR) is 58.3 cm³/mol. The zero-order valence-corrected chi connectivity index (χ0v) is 9.20. The average molecular weight is 211 g/mol. The third-order valence-electron chi connectivity index (χ3n) is 2.77. The summed E-state index contributed by atoms with van der Waals surface area (Å²) in [4.78, 5) is 1.11. The van der Waals surface area contributed by atoms with E-state index in [-0.39, 0.29) is 5.82 Å². The third-order valence-corrected chi connectivity index (χ3v) is 4.29. The Morgan fingerprint density at radius 1 is 1.57 bits per heavy atom. The summed E-state index contributed by atoms with van der Waals surface area (Å²) >= 11 is 1.78. The van der Waals surface area contributed by atoms with E-state index in [4.69, 9.17) is 0 Å². The summed E-state index contributed by atoms with van der Waals surface area (Å²) in [5, 5.41) is 3.68. The highest BCUT2D eigenvalue weighted by Crippen LogP contribution is 2.39. The Hall–Kier alpha value is -0.540. The van der Waals surface area contributed by atoms with Gasteiger partial charge in [-0.1, -0.05) is 6.07 Å². The molecule has 0 aliphatic carbocycles. The molecular weight excluding hydrogens is 197 g/mol. The van der Waals surface area contributed by atoms with Crippen molar-refractivity contribution in [1.82, 2.24) is 5.32 Å². The topological polar surface area (TPSA) is 12.0 Å². The third kappa shape index (κ3) is 1.66. The van der Waals surface area contributed by atoms with Gasteiger partial charge in [-0.15, -0.1) is 11.8 Å². The standard InChI is InChI=1S/C11H14FNS/c1-7(13-2)11-6-8-9(12)4-3-5-10(8)14-11/h3-5,7,11,13H,6H2,1-2H3. The molecule has 76 valence electrons. The van der Waals surface area contributed by atoms with Gasteiger partial charge in [0.05, 0.1) is 0 Å². The molecule has 2 unspecified atom stereocenters. The number of hydrogen-bond acceptors (Lipinski definition) is 2. The molecule has 0 fully saturated rings. The van der Waals surface area contributed by atoms with Crippen molar-refractivity contribution in [2.24, 2.45) is 0 Å². The first-order valence-corrected chi connectivity index (χ1v) is 5.71. The Kier molecular flexibility index (Phi) is 2.79. The van der Waals surface area contributed by atoms with Crippen molar-refractivity contribution in [1.29, 1.82) is 0 Å². The van der Waals surface area contributed by atoms with E-state index < -0.39 is 0 Å². The Morgan fingerprint density at radius 2 is 2.36 bits per heavy atom. The summed E-state index contributed by atoms with van der Waals surface area (Å²) in [6.07, 6.45) is 0.842. The summed E-state index contributed by atoms with van der Waals surface area (Å²) in [5.41, 5.74) is 0.893. The highest BCUT2D eigenvalue weighted by atomic mass is 32.2. The number of benzene rings is 1. The molecule has 14 heavy (non-hydrogen) atoms. The molecule has 0 amide bonds. The fourth-order valence-electron chi connectivity index (χ4n) is 1.72. The Bertz CT molecular complexity index is 340. The van der Waals surface area contributed by atoms with E-state index in [1.807, 2.05) is 13.1 Å². The predicted octanol–water partition coefficient (Wildman–Crippen LogP) is 2.45. The van der Waals surface area contributed by atoms with Gasteiger partial charge in [-0.2, -0.15) is 0 Å². The number of hydrogen-bond donors (Lipinski definition) is 1. The molecule has 1 aromatic carbocycles. The van der Waals surface area contributed by atoms with Gasteiger partial charge in [-0.25, -0.2) is 4.39 Å². The molecule has 2 rings (SSSR count). The van der Waals surface area contributed by atoms with Gasteiger partial charge < -0.3 is 5.32 Å². The van der Waals surface area contributed by atoms with Gasteiger partial charge in [0.1, 0.15) is 5.82 Å². The van der Waals surface area contributed by atoms with E-state index in [0.717, 1.165) is 16.9 Å². The molecule has 3 heteroatoms. The normalized spacial score (nSPS) is 22.1. The van der Waals surface area contributed by atoms with Gasteiger partial charge in [-0.05, 0) is 32.5 Å². The first-order valence-electron chi connectivity index (χ1n) is 4.83. The Morgan fingerprint density at radius 3 is 3.00 bits per heavy atom. The van der Waals surface area contributed by atoms with Crippen LogP contribution >= 0.6 is 11.8 Å².